The van der Waals surface area contributed by atoms with E-state index < -0.39 is 5.97 Å². The number of ether oxygens (including phenoxy) is 1. The molecule has 2 aromatic heterocycles. The molecule has 7 nitrogen and oxygen atoms in total. The van der Waals surface area contributed by atoms with Crippen LogP contribution in [0.4, 0.5) is 0 Å². The number of rotatable bonds is 9. The second-order valence-electron chi connectivity index (χ2n) is 7.75. The van der Waals surface area contributed by atoms with Gasteiger partial charge in [-0.25, -0.2) is 4.79 Å². The lowest BCUT2D eigenvalue weighted by Gasteiger charge is -2.15. The maximum Gasteiger partial charge on any atom is 0.331 e. The summed E-state index contributed by atoms with van der Waals surface area (Å²) in [5.74, 6) is -0.267. The van der Waals surface area contributed by atoms with Crippen LogP contribution >= 0.6 is 0 Å². The number of nitrogens with zero attached hydrogens (tertiary/aromatic N) is 3. The molecule has 0 aliphatic rings. The van der Waals surface area contributed by atoms with Gasteiger partial charge in [0.1, 0.15) is 5.76 Å². The Balaban J connectivity index is 1.42. The van der Waals surface area contributed by atoms with Gasteiger partial charge >= 0.3 is 5.97 Å². The van der Waals surface area contributed by atoms with Crippen LogP contribution in [0.5, 0.6) is 0 Å². The summed E-state index contributed by atoms with van der Waals surface area (Å²) in [7, 11) is 1.63. The van der Waals surface area contributed by atoms with Crippen molar-refractivity contribution in [3.05, 3.63) is 108 Å². The number of hydrogen-bond donors (Lipinski definition) is 0. The fourth-order valence-electron chi connectivity index (χ4n) is 3.40. The van der Waals surface area contributed by atoms with Crippen molar-refractivity contribution in [1.82, 2.24) is 14.7 Å². The third kappa shape index (κ3) is 6.10. The van der Waals surface area contributed by atoms with E-state index in [2.05, 4.69) is 0 Å². The van der Waals surface area contributed by atoms with Crippen LogP contribution in [0.2, 0.25) is 0 Å². The zero-order valence-electron chi connectivity index (χ0n) is 18.8. The van der Waals surface area contributed by atoms with E-state index >= 15 is 0 Å². The highest BCUT2D eigenvalue weighted by molar-refractivity contribution is 5.90. The Morgan fingerprint density at radius 1 is 1.03 bits per heavy atom. The molecule has 4 rings (SSSR count). The minimum absolute atomic E-state index is 0.306. The lowest BCUT2D eigenvalue weighted by atomic mass is 10.1. The SMILES string of the molecule is CN(Cc1ccco1)C(=O)COC(=O)/C=C/c1cn(Cc2ccccc2)nc1-c1ccccc1. The normalized spacial score (nSPS) is 11.0. The molecule has 0 spiro atoms. The number of furan rings is 1. The van der Waals surface area contributed by atoms with Crippen molar-refractivity contribution >= 4 is 18.0 Å². The number of likely N-dealkylation sites (N-methyl/N-ethyl adjacent to an activating group) is 1. The molecule has 2 heterocycles. The average Bonchev–Trinajstić information content (AvgIpc) is 3.52. The summed E-state index contributed by atoms with van der Waals surface area (Å²) in [6.45, 7) is 0.564. The fraction of sp³-hybridized carbons (Fsp3) is 0.148. The lowest BCUT2D eigenvalue weighted by molar-refractivity contribution is -0.147. The van der Waals surface area contributed by atoms with E-state index in [4.69, 9.17) is 14.3 Å². The van der Waals surface area contributed by atoms with Crippen molar-refractivity contribution in [1.29, 1.82) is 0 Å². The van der Waals surface area contributed by atoms with Crippen LogP contribution in [-0.2, 0) is 27.4 Å². The second-order valence-corrected chi connectivity index (χ2v) is 7.75. The monoisotopic (exact) mass is 455 g/mol. The number of benzene rings is 2. The molecule has 0 atom stereocenters. The third-order valence-corrected chi connectivity index (χ3v) is 5.16. The molecule has 0 aliphatic heterocycles. The van der Waals surface area contributed by atoms with Crippen molar-refractivity contribution in [2.24, 2.45) is 0 Å². The largest absolute Gasteiger partial charge is 0.467 e. The maximum absolute atomic E-state index is 12.3. The average molecular weight is 456 g/mol. The standard InChI is InChI=1S/C27H25N3O4/c1-29(19-24-13-8-16-33-24)25(31)20-34-26(32)15-14-23-18-30(17-21-9-4-2-5-10-21)28-27(23)22-11-6-3-7-12-22/h2-16,18H,17,19-20H2,1H3/b15-14+. The molecule has 172 valence electrons. The first kappa shape index (κ1) is 22.8. The van der Waals surface area contributed by atoms with Gasteiger partial charge in [-0.2, -0.15) is 5.10 Å². The molecule has 0 N–H and O–H groups in total. The van der Waals surface area contributed by atoms with Gasteiger partial charge in [-0.1, -0.05) is 60.7 Å². The topological polar surface area (TPSA) is 77.6 Å². The number of carbonyl (C=O) groups excluding carboxylic acids is 2. The van der Waals surface area contributed by atoms with Crippen molar-refractivity contribution in [3.8, 4) is 11.3 Å². The Morgan fingerprint density at radius 3 is 2.47 bits per heavy atom. The minimum atomic E-state index is -0.602. The Bertz CT molecular complexity index is 1250. The molecule has 0 fully saturated rings. The highest BCUT2D eigenvalue weighted by Gasteiger charge is 2.14. The molecule has 0 saturated heterocycles. The number of aromatic nitrogens is 2. The van der Waals surface area contributed by atoms with Crippen LogP contribution in [0, 0.1) is 0 Å². The third-order valence-electron chi connectivity index (χ3n) is 5.16. The zero-order chi connectivity index (χ0) is 23.8. The molecule has 1 amide bonds. The number of amides is 1. The number of esters is 1. The van der Waals surface area contributed by atoms with Gasteiger partial charge in [0.15, 0.2) is 6.61 Å². The predicted octanol–water partition coefficient (Wildman–Crippen LogP) is 4.41. The Hall–Kier alpha value is -4.39. The summed E-state index contributed by atoms with van der Waals surface area (Å²) in [6.07, 6.45) is 6.41. The molecule has 7 heteroatoms. The number of hydrogen-bond acceptors (Lipinski definition) is 5. The van der Waals surface area contributed by atoms with Gasteiger partial charge in [-0.15, -0.1) is 0 Å². The highest BCUT2D eigenvalue weighted by atomic mass is 16.5. The van der Waals surface area contributed by atoms with Gasteiger partial charge in [0.25, 0.3) is 5.91 Å². The molecule has 0 aliphatic carbocycles. The van der Waals surface area contributed by atoms with Crippen molar-refractivity contribution < 1.29 is 18.7 Å². The van der Waals surface area contributed by atoms with Gasteiger partial charge in [0, 0.05) is 30.4 Å². The second kappa shape index (κ2) is 11.0. The minimum Gasteiger partial charge on any atom is -0.467 e. The molecule has 0 radical (unpaired) electrons. The van der Waals surface area contributed by atoms with Crippen molar-refractivity contribution in [2.75, 3.05) is 13.7 Å². The molecule has 34 heavy (non-hydrogen) atoms. The van der Waals surface area contributed by atoms with Gasteiger partial charge < -0.3 is 14.1 Å². The van der Waals surface area contributed by atoms with Crippen LogP contribution in [0.15, 0.2) is 95.7 Å². The van der Waals surface area contributed by atoms with Crippen LogP contribution in [-0.4, -0.2) is 40.2 Å². The molecule has 0 unspecified atom stereocenters. The van der Waals surface area contributed by atoms with Crippen LogP contribution in [0.3, 0.4) is 0 Å². The summed E-state index contributed by atoms with van der Waals surface area (Å²) in [4.78, 5) is 26.0. The summed E-state index contributed by atoms with van der Waals surface area (Å²) in [5, 5.41) is 4.73. The van der Waals surface area contributed by atoms with E-state index in [1.807, 2.05) is 71.5 Å². The van der Waals surface area contributed by atoms with Gasteiger partial charge in [0.2, 0.25) is 0 Å². The van der Waals surface area contributed by atoms with Crippen LogP contribution in [0.1, 0.15) is 16.9 Å². The fourth-order valence-corrected chi connectivity index (χ4v) is 3.40. The van der Waals surface area contributed by atoms with E-state index in [0.29, 0.717) is 18.8 Å². The molecule has 4 aromatic rings. The molecule has 0 saturated carbocycles. The Kier molecular flexibility index (Phi) is 7.35. The predicted molar refractivity (Wildman–Crippen MR) is 128 cm³/mol. The van der Waals surface area contributed by atoms with Crippen molar-refractivity contribution in [2.45, 2.75) is 13.1 Å². The molecular weight excluding hydrogens is 430 g/mol. The lowest BCUT2D eigenvalue weighted by Crippen LogP contribution is -2.30. The quantitative estimate of drug-likeness (QED) is 0.276. The highest BCUT2D eigenvalue weighted by Crippen LogP contribution is 2.23. The molecule has 0 bridgehead atoms. The maximum atomic E-state index is 12.3. The van der Waals surface area contributed by atoms with Gasteiger partial charge in [-0.05, 0) is 23.8 Å². The van der Waals surface area contributed by atoms with Gasteiger partial charge in [-0.3, -0.25) is 9.48 Å². The summed E-state index contributed by atoms with van der Waals surface area (Å²) >= 11 is 0. The van der Waals surface area contributed by atoms with E-state index in [-0.39, 0.29) is 12.5 Å². The molecule has 2 aromatic carbocycles. The van der Waals surface area contributed by atoms with E-state index in [1.54, 1.807) is 31.5 Å². The van der Waals surface area contributed by atoms with Crippen LogP contribution in [0.25, 0.3) is 17.3 Å². The molecular formula is C27H25N3O4. The summed E-state index contributed by atoms with van der Waals surface area (Å²) in [5.41, 5.74) is 3.60. The Labute approximate surface area is 197 Å². The number of carbonyl (C=O) groups is 2. The smallest absolute Gasteiger partial charge is 0.331 e. The summed E-state index contributed by atoms with van der Waals surface area (Å²) < 4.78 is 12.2. The zero-order valence-corrected chi connectivity index (χ0v) is 18.8. The van der Waals surface area contributed by atoms with E-state index in [0.717, 1.165) is 22.4 Å². The van der Waals surface area contributed by atoms with Gasteiger partial charge in [0.05, 0.1) is 25.0 Å². The van der Waals surface area contributed by atoms with Crippen molar-refractivity contribution in [3.63, 3.8) is 0 Å². The summed E-state index contributed by atoms with van der Waals surface area (Å²) in [6, 6.07) is 23.3. The Morgan fingerprint density at radius 2 is 1.76 bits per heavy atom. The first-order valence-corrected chi connectivity index (χ1v) is 10.9. The van der Waals surface area contributed by atoms with Crippen LogP contribution < -0.4 is 0 Å². The first-order chi connectivity index (χ1) is 16.6. The van der Waals surface area contributed by atoms with E-state index in [1.165, 1.54) is 11.0 Å². The first-order valence-electron chi connectivity index (χ1n) is 10.9. The van der Waals surface area contributed by atoms with E-state index in [9.17, 15) is 9.59 Å².